The van der Waals surface area contributed by atoms with Crippen LogP contribution >= 0.6 is 0 Å². The van der Waals surface area contributed by atoms with Crippen LogP contribution in [0.4, 0.5) is 0 Å². The average molecular weight is 227 g/mol. The summed E-state index contributed by atoms with van der Waals surface area (Å²) in [5, 5.41) is 2.73. The lowest BCUT2D eigenvalue weighted by Crippen LogP contribution is -2.53. The number of nitrogens with zero attached hydrogens (tertiary/aromatic N) is 2. The predicted molar refractivity (Wildman–Crippen MR) is 62.0 cm³/mol. The first-order chi connectivity index (χ1) is 7.70. The molecular weight excluding hydrogens is 206 g/mol. The van der Waals surface area contributed by atoms with Crippen molar-refractivity contribution in [3.05, 3.63) is 0 Å². The van der Waals surface area contributed by atoms with Gasteiger partial charge in [0.1, 0.15) is 6.04 Å². The molecule has 0 saturated carbocycles. The second kappa shape index (κ2) is 4.82. The highest BCUT2D eigenvalue weighted by molar-refractivity contribution is 5.90. The van der Waals surface area contributed by atoms with E-state index in [0.29, 0.717) is 12.8 Å². The number of nitrogens with one attached hydrogen (secondary N) is 1. The Morgan fingerprint density at radius 3 is 2.62 bits per heavy atom. The van der Waals surface area contributed by atoms with Crippen molar-refractivity contribution in [3.63, 3.8) is 0 Å². The summed E-state index contributed by atoms with van der Waals surface area (Å²) in [6, 6.07) is -0.263. The Balaban J connectivity index is 0.00000144. The summed E-state index contributed by atoms with van der Waals surface area (Å²) in [4.78, 5) is 27.3. The molecule has 92 valence electrons. The average Bonchev–Trinajstić information content (AvgIpc) is 2.75. The molecule has 2 saturated heterocycles. The van der Waals surface area contributed by atoms with Crippen molar-refractivity contribution in [2.45, 2.75) is 25.8 Å². The molecule has 16 heavy (non-hydrogen) atoms. The minimum atomic E-state index is -0.263. The highest BCUT2D eigenvalue weighted by atomic mass is 16.2. The molecule has 0 bridgehead atoms. The molecule has 0 aromatic carbocycles. The molecule has 2 heterocycles. The van der Waals surface area contributed by atoms with Crippen LogP contribution in [0.3, 0.4) is 0 Å². The largest absolute Gasteiger partial charge is 0.344 e. The molecule has 0 aromatic rings. The van der Waals surface area contributed by atoms with Gasteiger partial charge in [-0.3, -0.25) is 9.59 Å². The van der Waals surface area contributed by atoms with Gasteiger partial charge in [-0.15, -0.1) is 0 Å². The van der Waals surface area contributed by atoms with Crippen LogP contribution in [0, 0.1) is 0 Å². The molecule has 1 N–H and O–H groups in total. The Morgan fingerprint density at radius 2 is 2.12 bits per heavy atom. The van der Waals surface area contributed by atoms with Gasteiger partial charge in [0.25, 0.3) is 0 Å². The number of rotatable bonds is 2. The SMILES string of the molecule is CCN1CCN(C(=O)C2CCC(=O)N2)CC1.[HH]. The summed E-state index contributed by atoms with van der Waals surface area (Å²) in [6.45, 7) is 6.65. The monoisotopic (exact) mass is 227 g/mol. The second-order valence-corrected chi connectivity index (χ2v) is 4.42. The van der Waals surface area contributed by atoms with Crippen LogP contribution in [0.2, 0.25) is 0 Å². The Hall–Kier alpha value is -1.10. The van der Waals surface area contributed by atoms with Gasteiger partial charge in [-0.2, -0.15) is 0 Å². The van der Waals surface area contributed by atoms with Gasteiger partial charge in [0.15, 0.2) is 0 Å². The van der Waals surface area contributed by atoms with Crippen LogP contribution in [0.5, 0.6) is 0 Å². The molecule has 2 aliphatic rings. The summed E-state index contributed by atoms with van der Waals surface area (Å²) < 4.78 is 0. The molecule has 2 rings (SSSR count). The number of amides is 2. The molecule has 1 unspecified atom stereocenters. The van der Waals surface area contributed by atoms with Gasteiger partial charge in [-0.05, 0) is 13.0 Å². The van der Waals surface area contributed by atoms with Crippen LogP contribution in [0.15, 0.2) is 0 Å². The number of carbonyl (C=O) groups excluding carboxylic acids is 2. The van der Waals surface area contributed by atoms with E-state index >= 15 is 0 Å². The Bertz CT molecular complexity index is 290. The second-order valence-electron chi connectivity index (χ2n) is 4.42. The lowest BCUT2D eigenvalue weighted by atomic mass is 10.2. The van der Waals surface area contributed by atoms with E-state index in [1.165, 1.54) is 0 Å². The van der Waals surface area contributed by atoms with Crippen molar-refractivity contribution in [2.24, 2.45) is 0 Å². The Labute approximate surface area is 97.3 Å². The third-order valence-corrected chi connectivity index (χ3v) is 3.42. The molecule has 0 aromatic heterocycles. The van der Waals surface area contributed by atoms with E-state index in [2.05, 4.69) is 17.1 Å². The van der Waals surface area contributed by atoms with Crippen molar-refractivity contribution < 1.29 is 11.0 Å². The van der Waals surface area contributed by atoms with E-state index in [0.717, 1.165) is 32.7 Å². The maximum absolute atomic E-state index is 12.0. The molecule has 5 nitrogen and oxygen atoms in total. The fourth-order valence-corrected chi connectivity index (χ4v) is 2.30. The topological polar surface area (TPSA) is 52.7 Å². The highest BCUT2D eigenvalue weighted by Crippen LogP contribution is 2.11. The van der Waals surface area contributed by atoms with E-state index in [1.807, 2.05) is 4.90 Å². The standard InChI is InChI=1S/C11H19N3O2.H2/c1-2-13-5-7-14(8-6-13)11(16)9-3-4-10(15)12-9;/h9H,2-8H2,1H3,(H,12,15);1H. The van der Waals surface area contributed by atoms with E-state index in [9.17, 15) is 9.59 Å². The first-order valence-corrected chi connectivity index (χ1v) is 6.01. The summed E-state index contributed by atoms with van der Waals surface area (Å²) in [7, 11) is 0. The number of piperazine rings is 1. The molecule has 0 radical (unpaired) electrons. The third-order valence-electron chi connectivity index (χ3n) is 3.42. The Kier molecular flexibility index (Phi) is 3.43. The van der Waals surface area contributed by atoms with E-state index in [4.69, 9.17) is 0 Å². The van der Waals surface area contributed by atoms with Gasteiger partial charge in [0.05, 0.1) is 0 Å². The summed E-state index contributed by atoms with van der Waals surface area (Å²) in [5.74, 6) is 0.104. The number of hydrogen-bond acceptors (Lipinski definition) is 3. The van der Waals surface area contributed by atoms with Crippen molar-refractivity contribution in [1.82, 2.24) is 15.1 Å². The van der Waals surface area contributed by atoms with Crippen LogP contribution in [-0.4, -0.2) is 60.4 Å². The lowest BCUT2D eigenvalue weighted by molar-refractivity contribution is -0.136. The van der Waals surface area contributed by atoms with Crippen LogP contribution < -0.4 is 5.32 Å². The van der Waals surface area contributed by atoms with Gasteiger partial charge < -0.3 is 15.1 Å². The summed E-state index contributed by atoms with van der Waals surface area (Å²) in [6.07, 6.45) is 1.15. The maximum Gasteiger partial charge on any atom is 0.245 e. The minimum absolute atomic E-state index is 0. The molecule has 0 aliphatic carbocycles. The van der Waals surface area contributed by atoms with Gasteiger partial charge in [-0.25, -0.2) is 0 Å². The molecule has 2 amide bonds. The Morgan fingerprint density at radius 1 is 1.44 bits per heavy atom. The van der Waals surface area contributed by atoms with Crippen molar-refractivity contribution in [3.8, 4) is 0 Å². The van der Waals surface area contributed by atoms with Crippen LogP contribution in [0.25, 0.3) is 0 Å². The fraction of sp³-hybridized carbons (Fsp3) is 0.818. The van der Waals surface area contributed by atoms with Crippen LogP contribution in [-0.2, 0) is 9.59 Å². The van der Waals surface area contributed by atoms with E-state index < -0.39 is 0 Å². The zero-order valence-electron chi connectivity index (χ0n) is 9.74. The molecular formula is C11H21N3O2. The number of likely N-dealkylation sites (N-methyl/N-ethyl adjacent to an activating group) is 1. The van der Waals surface area contributed by atoms with E-state index in [-0.39, 0.29) is 19.3 Å². The molecule has 2 aliphatic heterocycles. The fourth-order valence-electron chi connectivity index (χ4n) is 2.30. The molecule has 0 spiro atoms. The third kappa shape index (κ3) is 2.35. The van der Waals surface area contributed by atoms with Crippen molar-refractivity contribution >= 4 is 11.8 Å². The first kappa shape index (κ1) is 11.4. The summed E-state index contributed by atoms with van der Waals surface area (Å²) in [5.41, 5.74) is 0. The van der Waals surface area contributed by atoms with Crippen LogP contribution in [0.1, 0.15) is 21.2 Å². The number of carbonyl (C=O) groups is 2. The normalized spacial score (nSPS) is 26.9. The van der Waals surface area contributed by atoms with Crippen molar-refractivity contribution in [2.75, 3.05) is 32.7 Å². The van der Waals surface area contributed by atoms with Gasteiger partial charge in [0, 0.05) is 34.0 Å². The van der Waals surface area contributed by atoms with Gasteiger partial charge in [-0.1, -0.05) is 6.92 Å². The first-order valence-electron chi connectivity index (χ1n) is 6.01. The molecule has 1 atom stereocenters. The van der Waals surface area contributed by atoms with E-state index in [1.54, 1.807) is 0 Å². The highest BCUT2D eigenvalue weighted by Gasteiger charge is 2.31. The van der Waals surface area contributed by atoms with Crippen molar-refractivity contribution in [1.29, 1.82) is 0 Å². The minimum Gasteiger partial charge on any atom is -0.344 e. The zero-order valence-corrected chi connectivity index (χ0v) is 9.74. The lowest BCUT2D eigenvalue weighted by Gasteiger charge is -2.35. The zero-order chi connectivity index (χ0) is 11.5. The van der Waals surface area contributed by atoms with Gasteiger partial charge in [0.2, 0.25) is 11.8 Å². The maximum atomic E-state index is 12.0. The smallest absolute Gasteiger partial charge is 0.245 e. The molecule has 5 heteroatoms. The molecule has 2 fully saturated rings. The quantitative estimate of drug-likeness (QED) is 0.703. The predicted octanol–water partition coefficient (Wildman–Crippen LogP) is -0.325. The number of hydrogen-bond donors (Lipinski definition) is 1. The summed E-state index contributed by atoms with van der Waals surface area (Å²) >= 11 is 0. The van der Waals surface area contributed by atoms with Gasteiger partial charge >= 0.3 is 0 Å².